The molecule has 1 saturated carbocycles. The summed E-state index contributed by atoms with van der Waals surface area (Å²) < 4.78 is 1.36. The van der Waals surface area contributed by atoms with Crippen molar-refractivity contribution in [2.45, 2.75) is 58.5 Å². The van der Waals surface area contributed by atoms with Crippen LogP contribution < -0.4 is 10.9 Å². The van der Waals surface area contributed by atoms with Crippen LogP contribution in [0.4, 0.5) is 0 Å². The Bertz CT molecular complexity index is 516. The third-order valence-electron chi connectivity index (χ3n) is 3.89. The van der Waals surface area contributed by atoms with Gasteiger partial charge in [-0.15, -0.1) is 0 Å². The van der Waals surface area contributed by atoms with Crippen molar-refractivity contribution >= 4 is 5.91 Å². The Kier molecular flexibility index (Phi) is 4.93. The average Bonchev–Trinajstić information content (AvgIpc) is 2.44. The van der Waals surface area contributed by atoms with Crippen LogP contribution in [0.25, 0.3) is 0 Å². The molecule has 5 heteroatoms. The highest BCUT2D eigenvalue weighted by Crippen LogP contribution is 2.23. The lowest BCUT2D eigenvalue weighted by Crippen LogP contribution is -2.38. The van der Waals surface area contributed by atoms with Gasteiger partial charge in [-0.25, -0.2) is 4.68 Å². The summed E-state index contributed by atoms with van der Waals surface area (Å²) >= 11 is 0. The van der Waals surface area contributed by atoms with E-state index in [0.29, 0.717) is 12.2 Å². The third-order valence-corrected chi connectivity index (χ3v) is 3.89. The average molecular weight is 277 g/mol. The van der Waals surface area contributed by atoms with E-state index >= 15 is 0 Å². The zero-order valence-electron chi connectivity index (χ0n) is 12.3. The summed E-state index contributed by atoms with van der Waals surface area (Å²) in [5, 5.41) is 7.16. The van der Waals surface area contributed by atoms with Crippen LogP contribution in [0.5, 0.6) is 0 Å². The summed E-state index contributed by atoms with van der Waals surface area (Å²) in [7, 11) is 0. The molecule has 0 saturated heterocycles. The summed E-state index contributed by atoms with van der Waals surface area (Å²) in [6, 6.07) is 3.17. The Labute approximate surface area is 119 Å². The van der Waals surface area contributed by atoms with Gasteiger partial charge in [0.2, 0.25) is 0 Å². The van der Waals surface area contributed by atoms with Crippen LogP contribution in [0.2, 0.25) is 0 Å². The smallest absolute Gasteiger partial charge is 0.271 e. The topological polar surface area (TPSA) is 64.0 Å². The quantitative estimate of drug-likeness (QED) is 0.915. The minimum Gasteiger partial charge on any atom is -0.348 e. The third kappa shape index (κ3) is 3.68. The lowest BCUT2D eigenvalue weighted by atomic mass is 9.87. The molecule has 1 fully saturated rings. The van der Waals surface area contributed by atoms with E-state index in [0.717, 1.165) is 38.0 Å². The Morgan fingerprint density at radius 1 is 1.35 bits per heavy atom. The number of hydrogen-bond donors (Lipinski definition) is 1. The molecule has 0 aliphatic heterocycles. The predicted molar refractivity (Wildman–Crippen MR) is 77.7 cm³/mol. The van der Waals surface area contributed by atoms with Gasteiger partial charge in [0.05, 0.1) is 0 Å². The molecule has 1 heterocycles. The predicted octanol–water partition coefficient (Wildman–Crippen LogP) is 1.96. The van der Waals surface area contributed by atoms with E-state index in [1.807, 2.05) is 6.92 Å². The van der Waals surface area contributed by atoms with Crippen molar-refractivity contribution in [3.05, 3.63) is 28.2 Å². The highest BCUT2D eigenvalue weighted by Gasteiger charge is 2.21. The Morgan fingerprint density at radius 3 is 2.70 bits per heavy atom. The minimum absolute atomic E-state index is 0.158. The van der Waals surface area contributed by atoms with Crippen molar-refractivity contribution in [1.82, 2.24) is 15.1 Å². The van der Waals surface area contributed by atoms with Gasteiger partial charge >= 0.3 is 0 Å². The second-order valence-electron chi connectivity index (χ2n) is 5.71. The molecule has 110 valence electrons. The van der Waals surface area contributed by atoms with Crippen molar-refractivity contribution in [2.75, 3.05) is 0 Å². The summed E-state index contributed by atoms with van der Waals surface area (Å²) in [5.41, 5.74) is 0.173. The van der Waals surface area contributed by atoms with Crippen molar-refractivity contribution in [3.8, 4) is 0 Å². The van der Waals surface area contributed by atoms with Crippen LogP contribution in [-0.2, 0) is 6.54 Å². The van der Waals surface area contributed by atoms with Crippen LogP contribution in [0.3, 0.4) is 0 Å². The molecule has 0 spiro atoms. The van der Waals surface area contributed by atoms with Crippen molar-refractivity contribution < 1.29 is 4.79 Å². The lowest BCUT2D eigenvalue weighted by Gasteiger charge is -2.26. The number of hydrogen-bond acceptors (Lipinski definition) is 3. The fraction of sp³-hybridized carbons (Fsp3) is 0.667. The molecule has 20 heavy (non-hydrogen) atoms. The van der Waals surface area contributed by atoms with Gasteiger partial charge in [0.1, 0.15) is 5.69 Å². The Morgan fingerprint density at radius 2 is 2.05 bits per heavy atom. The molecule has 0 bridgehead atoms. The second kappa shape index (κ2) is 6.68. The zero-order valence-corrected chi connectivity index (χ0v) is 12.3. The van der Waals surface area contributed by atoms with Crippen molar-refractivity contribution in [2.24, 2.45) is 5.92 Å². The number of nitrogens with zero attached hydrogens (tertiary/aromatic N) is 2. The largest absolute Gasteiger partial charge is 0.348 e. The van der Waals surface area contributed by atoms with E-state index in [9.17, 15) is 9.59 Å². The van der Waals surface area contributed by atoms with E-state index < -0.39 is 0 Å². The van der Waals surface area contributed by atoms with Gasteiger partial charge < -0.3 is 5.32 Å². The van der Waals surface area contributed by atoms with Crippen LogP contribution >= 0.6 is 0 Å². The Balaban J connectivity index is 2.02. The van der Waals surface area contributed by atoms with Crippen LogP contribution in [-0.4, -0.2) is 21.7 Å². The van der Waals surface area contributed by atoms with E-state index in [1.165, 1.54) is 16.8 Å². The van der Waals surface area contributed by atoms with Crippen LogP contribution in [0, 0.1) is 5.92 Å². The Hall–Kier alpha value is -1.65. The summed E-state index contributed by atoms with van der Waals surface area (Å²) in [5.74, 6) is 0.585. The highest BCUT2D eigenvalue weighted by molar-refractivity contribution is 5.92. The molecule has 0 aromatic carbocycles. The fourth-order valence-electron chi connectivity index (χ4n) is 2.61. The van der Waals surface area contributed by atoms with Gasteiger partial charge in [0.25, 0.3) is 11.5 Å². The molecule has 0 unspecified atom stereocenters. The SMILES string of the molecule is CCCn1nc(C(=O)NC2CCC(C)CC2)ccc1=O. The molecule has 1 aromatic heterocycles. The first kappa shape index (κ1) is 14.8. The maximum absolute atomic E-state index is 12.2. The normalized spacial score (nSPS) is 22.5. The highest BCUT2D eigenvalue weighted by atomic mass is 16.2. The summed E-state index contributed by atoms with van der Waals surface area (Å²) in [6.07, 6.45) is 5.20. The van der Waals surface area contributed by atoms with Gasteiger partial charge in [-0.3, -0.25) is 9.59 Å². The van der Waals surface area contributed by atoms with Gasteiger partial charge in [-0.1, -0.05) is 13.8 Å². The molecule has 1 aromatic rings. The molecular weight excluding hydrogens is 254 g/mol. The standard InChI is InChI=1S/C15H23N3O2/c1-3-10-18-14(19)9-8-13(17-18)15(20)16-12-6-4-11(2)5-7-12/h8-9,11-12H,3-7,10H2,1-2H3,(H,16,20). The molecule has 1 aliphatic rings. The van der Waals surface area contributed by atoms with E-state index in [1.54, 1.807) is 0 Å². The maximum atomic E-state index is 12.2. The molecule has 1 N–H and O–H groups in total. The number of rotatable bonds is 4. The molecule has 1 aliphatic carbocycles. The number of carbonyl (C=O) groups excluding carboxylic acids is 1. The van der Waals surface area contributed by atoms with E-state index in [4.69, 9.17) is 0 Å². The molecule has 0 atom stereocenters. The lowest BCUT2D eigenvalue weighted by molar-refractivity contribution is 0.0915. The molecule has 1 amide bonds. The molecule has 0 radical (unpaired) electrons. The first-order chi connectivity index (χ1) is 9.60. The first-order valence-electron chi connectivity index (χ1n) is 7.49. The van der Waals surface area contributed by atoms with Gasteiger partial charge in [-0.2, -0.15) is 5.10 Å². The van der Waals surface area contributed by atoms with Crippen molar-refractivity contribution in [1.29, 1.82) is 0 Å². The number of carbonyl (C=O) groups is 1. The van der Waals surface area contributed by atoms with Gasteiger partial charge in [0, 0.05) is 18.7 Å². The van der Waals surface area contributed by atoms with Crippen LogP contribution in [0.15, 0.2) is 16.9 Å². The second-order valence-corrected chi connectivity index (χ2v) is 5.71. The summed E-state index contributed by atoms with van der Waals surface area (Å²) in [4.78, 5) is 23.8. The number of nitrogens with one attached hydrogen (secondary N) is 1. The van der Waals surface area contributed by atoms with Crippen LogP contribution in [0.1, 0.15) is 56.4 Å². The monoisotopic (exact) mass is 277 g/mol. The van der Waals surface area contributed by atoms with Gasteiger partial charge in [0.15, 0.2) is 0 Å². The number of aryl methyl sites for hydroxylation is 1. The minimum atomic E-state index is -0.172. The molecule has 2 rings (SSSR count). The van der Waals surface area contributed by atoms with Gasteiger partial charge in [-0.05, 0) is 44.1 Å². The van der Waals surface area contributed by atoms with E-state index in [2.05, 4.69) is 17.3 Å². The summed E-state index contributed by atoms with van der Waals surface area (Å²) in [6.45, 7) is 4.77. The first-order valence-corrected chi connectivity index (χ1v) is 7.49. The number of amides is 1. The van der Waals surface area contributed by atoms with E-state index in [-0.39, 0.29) is 17.5 Å². The number of aromatic nitrogens is 2. The molecule has 5 nitrogen and oxygen atoms in total. The zero-order chi connectivity index (χ0) is 14.5. The fourth-order valence-corrected chi connectivity index (χ4v) is 2.61. The molecular formula is C15H23N3O2. The maximum Gasteiger partial charge on any atom is 0.271 e. The van der Waals surface area contributed by atoms with Crippen molar-refractivity contribution in [3.63, 3.8) is 0 Å².